The minimum atomic E-state index is 0.139. The summed E-state index contributed by atoms with van der Waals surface area (Å²) >= 11 is 3.26. The summed E-state index contributed by atoms with van der Waals surface area (Å²) in [6, 6.07) is 3.84. The minimum Gasteiger partial charge on any atom is -0.396 e. The van der Waals surface area contributed by atoms with Crippen LogP contribution in [-0.4, -0.2) is 32.4 Å². The van der Waals surface area contributed by atoms with Crippen LogP contribution < -0.4 is 0 Å². The Morgan fingerprint density at radius 3 is 2.86 bits per heavy atom. The molecule has 0 fully saturated rings. The molecule has 3 aromatic rings. The zero-order chi connectivity index (χ0) is 14.8. The number of thiophene rings is 1. The summed E-state index contributed by atoms with van der Waals surface area (Å²) in [6.07, 6.45) is 3.51. The number of rotatable bonds is 4. The quantitative estimate of drug-likeness (QED) is 0.590. The van der Waals surface area contributed by atoms with Crippen LogP contribution in [-0.2, 0) is 0 Å². The molecule has 0 spiro atoms. The summed E-state index contributed by atoms with van der Waals surface area (Å²) < 4.78 is 0. The van der Waals surface area contributed by atoms with Crippen LogP contribution in [0.1, 0.15) is 10.4 Å². The third kappa shape index (κ3) is 2.79. The molecule has 4 nitrogen and oxygen atoms in total. The van der Waals surface area contributed by atoms with Crippen molar-refractivity contribution < 1.29 is 5.11 Å². The first-order valence-electron chi connectivity index (χ1n) is 6.62. The zero-order valence-electron chi connectivity index (χ0n) is 11.8. The van der Waals surface area contributed by atoms with Gasteiger partial charge in [0.05, 0.1) is 6.61 Å². The Balaban J connectivity index is 2.20. The predicted octanol–water partition coefficient (Wildman–Crippen LogP) is 3.45. The Morgan fingerprint density at radius 2 is 2.14 bits per heavy atom. The van der Waals surface area contributed by atoms with Gasteiger partial charge in [-0.3, -0.25) is 4.98 Å². The molecule has 0 aliphatic heterocycles. The molecular formula is C15H15N3OS2. The summed E-state index contributed by atoms with van der Waals surface area (Å²) in [4.78, 5) is 15.8. The molecule has 0 saturated carbocycles. The van der Waals surface area contributed by atoms with Crippen LogP contribution in [0.5, 0.6) is 0 Å². The highest BCUT2D eigenvalue weighted by Gasteiger charge is 2.15. The average molecular weight is 317 g/mol. The van der Waals surface area contributed by atoms with Crippen molar-refractivity contribution in [1.29, 1.82) is 0 Å². The number of aliphatic hydroxyl groups is 1. The number of aromatic nitrogens is 3. The summed E-state index contributed by atoms with van der Waals surface area (Å²) in [5.74, 6) is 1.32. The second-order valence-electron chi connectivity index (χ2n) is 4.63. The maximum atomic E-state index is 9.09. The van der Waals surface area contributed by atoms with E-state index in [-0.39, 0.29) is 6.61 Å². The molecule has 6 heteroatoms. The Bertz CT molecular complexity index is 771. The van der Waals surface area contributed by atoms with E-state index in [1.54, 1.807) is 35.5 Å². The first kappa shape index (κ1) is 14.4. The van der Waals surface area contributed by atoms with Gasteiger partial charge in [-0.25, -0.2) is 9.97 Å². The first-order valence-corrected chi connectivity index (χ1v) is 8.42. The van der Waals surface area contributed by atoms with E-state index in [1.807, 2.05) is 12.1 Å². The average Bonchev–Trinajstić information content (AvgIpc) is 2.80. The molecule has 3 rings (SSSR count). The van der Waals surface area contributed by atoms with Crippen LogP contribution in [0.3, 0.4) is 0 Å². The molecule has 0 unspecified atom stereocenters. The summed E-state index contributed by atoms with van der Waals surface area (Å²) in [5, 5.41) is 11.1. The number of pyridine rings is 1. The normalized spacial score (nSPS) is 11.2. The molecule has 3 heterocycles. The lowest BCUT2D eigenvalue weighted by Crippen LogP contribution is -1.95. The second kappa shape index (κ2) is 6.09. The maximum absolute atomic E-state index is 9.09. The van der Waals surface area contributed by atoms with Gasteiger partial charge in [0.25, 0.3) is 0 Å². The predicted molar refractivity (Wildman–Crippen MR) is 87.9 cm³/mol. The Morgan fingerprint density at radius 1 is 1.29 bits per heavy atom. The highest BCUT2D eigenvalue weighted by molar-refractivity contribution is 7.99. The third-order valence-electron chi connectivity index (χ3n) is 3.25. The van der Waals surface area contributed by atoms with Gasteiger partial charge in [-0.2, -0.15) is 0 Å². The Kier molecular flexibility index (Phi) is 4.19. The van der Waals surface area contributed by atoms with Crippen molar-refractivity contribution in [2.24, 2.45) is 0 Å². The second-order valence-corrected chi connectivity index (χ2v) is 6.92. The van der Waals surface area contributed by atoms with Gasteiger partial charge in [-0.1, -0.05) is 0 Å². The van der Waals surface area contributed by atoms with E-state index in [4.69, 9.17) is 10.1 Å². The number of hydrogen-bond acceptors (Lipinski definition) is 6. The van der Waals surface area contributed by atoms with Crippen LogP contribution in [0.4, 0.5) is 0 Å². The van der Waals surface area contributed by atoms with Gasteiger partial charge in [0.1, 0.15) is 9.86 Å². The fraction of sp³-hybridized carbons (Fsp3) is 0.267. The van der Waals surface area contributed by atoms with Crippen molar-refractivity contribution >= 4 is 33.3 Å². The number of hydrogen-bond donors (Lipinski definition) is 1. The van der Waals surface area contributed by atoms with E-state index in [1.165, 1.54) is 10.4 Å². The van der Waals surface area contributed by atoms with Crippen LogP contribution in [0, 0.1) is 13.8 Å². The number of aliphatic hydroxyl groups excluding tert-OH is 1. The molecule has 0 aliphatic rings. The van der Waals surface area contributed by atoms with E-state index in [0.29, 0.717) is 11.6 Å². The molecule has 0 radical (unpaired) electrons. The lowest BCUT2D eigenvalue weighted by atomic mass is 10.2. The number of nitrogens with zero attached hydrogens (tertiary/aromatic N) is 3. The molecule has 108 valence electrons. The third-order valence-corrected chi connectivity index (χ3v) is 5.30. The lowest BCUT2D eigenvalue weighted by molar-refractivity contribution is 0.322. The fourth-order valence-electron chi connectivity index (χ4n) is 2.08. The van der Waals surface area contributed by atoms with Crippen molar-refractivity contribution in [2.75, 3.05) is 12.4 Å². The lowest BCUT2D eigenvalue weighted by Gasteiger charge is -2.06. The Labute approximate surface area is 131 Å². The monoisotopic (exact) mass is 317 g/mol. The highest BCUT2D eigenvalue weighted by Crippen LogP contribution is 2.36. The van der Waals surface area contributed by atoms with Gasteiger partial charge in [-0.15, -0.1) is 23.1 Å². The standard InChI is InChI=1S/C15H15N3OS2/c1-9-10(2)21-15-12(9)14(20-7-6-19)17-13(18-15)11-4-3-5-16-8-11/h3-5,8,19H,6-7H2,1-2H3. The van der Waals surface area contributed by atoms with E-state index < -0.39 is 0 Å². The molecular weight excluding hydrogens is 302 g/mol. The van der Waals surface area contributed by atoms with Crippen molar-refractivity contribution in [2.45, 2.75) is 18.9 Å². The maximum Gasteiger partial charge on any atom is 0.163 e. The number of fused-ring (bicyclic) bond motifs is 1. The molecule has 21 heavy (non-hydrogen) atoms. The largest absolute Gasteiger partial charge is 0.396 e. The van der Waals surface area contributed by atoms with Gasteiger partial charge in [0.15, 0.2) is 5.82 Å². The van der Waals surface area contributed by atoms with E-state index >= 15 is 0 Å². The van der Waals surface area contributed by atoms with Crippen LogP contribution in [0.15, 0.2) is 29.6 Å². The van der Waals surface area contributed by atoms with Crippen LogP contribution in [0.2, 0.25) is 0 Å². The highest BCUT2D eigenvalue weighted by atomic mass is 32.2. The zero-order valence-corrected chi connectivity index (χ0v) is 13.5. The van der Waals surface area contributed by atoms with E-state index in [9.17, 15) is 0 Å². The van der Waals surface area contributed by atoms with Crippen LogP contribution in [0.25, 0.3) is 21.6 Å². The van der Waals surface area contributed by atoms with Gasteiger partial charge in [-0.05, 0) is 31.5 Å². The van der Waals surface area contributed by atoms with Crippen LogP contribution >= 0.6 is 23.1 Å². The molecule has 3 aromatic heterocycles. The molecule has 0 saturated heterocycles. The van der Waals surface area contributed by atoms with E-state index in [2.05, 4.69) is 23.8 Å². The number of thioether (sulfide) groups is 1. The molecule has 0 aliphatic carbocycles. The SMILES string of the molecule is Cc1sc2nc(-c3cccnc3)nc(SCCO)c2c1C. The first-order chi connectivity index (χ1) is 10.2. The summed E-state index contributed by atoms with van der Waals surface area (Å²) in [7, 11) is 0. The summed E-state index contributed by atoms with van der Waals surface area (Å²) in [6.45, 7) is 4.34. The summed E-state index contributed by atoms with van der Waals surface area (Å²) in [5.41, 5.74) is 2.14. The van der Waals surface area contributed by atoms with Gasteiger partial charge >= 0.3 is 0 Å². The van der Waals surface area contributed by atoms with Gasteiger partial charge in [0.2, 0.25) is 0 Å². The van der Waals surface area contributed by atoms with Crippen molar-refractivity contribution in [3.8, 4) is 11.4 Å². The molecule has 1 N–H and O–H groups in total. The molecule has 0 atom stereocenters. The molecule has 0 amide bonds. The van der Waals surface area contributed by atoms with Crippen molar-refractivity contribution in [1.82, 2.24) is 15.0 Å². The van der Waals surface area contributed by atoms with Gasteiger partial charge < -0.3 is 5.11 Å². The van der Waals surface area contributed by atoms with E-state index in [0.717, 1.165) is 20.8 Å². The van der Waals surface area contributed by atoms with Crippen molar-refractivity contribution in [3.05, 3.63) is 35.0 Å². The fourth-order valence-corrected chi connectivity index (χ4v) is 4.01. The minimum absolute atomic E-state index is 0.139. The van der Waals surface area contributed by atoms with Crippen molar-refractivity contribution in [3.63, 3.8) is 0 Å². The Hall–Kier alpha value is -1.50. The number of aryl methyl sites for hydroxylation is 2. The topological polar surface area (TPSA) is 58.9 Å². The molecule has 0 bridgehead atoms. The molecule has 0 aromatic carbocycles. The smallest absolute Gasteiger partial charge is 0.163 e. The van der Waals surface area contributed by atoms with Gasteiger partial charge in [0, 0.05) is 34.0 Å².